The fourth-order valence-corrected chi connectivity index (χ4v) is 4.29. The Morgan fingerprint density at radius 1 is 1.06 bits per heavy atom. The van der Waals surface area contributed by atoms with Crippen LogP contribution in [0.3, 0.4) is 0 Å². The predicted molar refractivity (Wildman–Crippen MR) is 128 cm³/mol. The number of anilines is 1. The lowest BCUT2D eigenvalue weighted by molar-refractivity contribution is 0.0930. The molecule has 162 valence electrons. The zero-order valence-electron chi connectivity index (χ0n) is 17.5. The van der Waals surface area contributed by atoms with Gasteiger partial charge in [-0.05, 0) is 42.7 Å². The van der Waals surface area contributed by atoms with Crippen molar-refractivity contribution < 1.29 is 4.79 Å². The molecule has 2 aromatic carbocycles. The molecule has 3 N–H and O–H groups in total. The van der Waals surface area contributed by atoms with Gasteiger partial charge in [-0.25, -0.2) is 9.97 Å². The third-order valence-corrected chi connectivity index (χ3v) is 6.09. The van der Waals surface area contributed by atoms with Crippen LogP contribution < -0.4 is 11.1 Å². The lowest BCUT2D eigenvalue weighted by Crippen LogP contribution is -2.36. The van der Waals surface area contributed by atoms with E-state index in [-0.39, 0.29) is 17.8 Å². The number of hydrogen-bond donors (Lipinski definition) is 2. The van der Waals surface area contributed by atoms with Gasteiger partial charge < -0.3 is 11.1 Å². The van der Waals surface area contributed by atoms with Gasteiger partial charge >= 0.3 is 0 Å². The minimum Gasteiger partial charge on any atom is -0.383 e. The third-order valence-electron chi connectivity index (χ3n) is 5.83. The maximum atomic E-state index is 13.3. The van der Waals surface area contributed by atoms with Crippen molar-refractivity contribution in [3.05, 3.63) is 64.7 Å². The molecule has 0 spiro atoms. The predicted octanol–water partition coefficient (Wildman–Crippen LogP) is 4.76. The molecule has 4 aromatic rings. The van der Waals surface area contributed by atoms with E-state index in [1.54, 1.807) is 18.3 Å². The normalized spacial score (nSPS) is 15.0. The number of carbonyl (C=O) groups is 1. The number of amides is 1. The highest BCUT2D eigenvalue weighted by Crippen LogP contribution is 2.28. The fraction of sp³-hybridized carbons (Fsp3) is 0.250. The number of benzene rings is 2. The van der Waals surface area contributed by atoms with E-state index in [9.17, 15) is 4.79 Å². The number of nitrogens with one attached hydrogen (secondary N) is 1. The zero-order valence-corrected chi connectivity index (χ0v) is 18.2. The van der Waals surface area contributed by atoms with E-state index in [0.717, 1.165) is 31.2 Å². The first kappa shape index (κ1) is 20.5. The topological polar surface area (TPSA) is 98.2 Å². The highest BCUT2D eigenvalue weighted by atomic mass is 35.5. The van der Waals surface area contributed by atoms with Crippen molar-refractivity contribution in [3.8, 4) is 0 Å². The van der Waals surface area contributed by atoms with Crippen LogP contribution in [0.4, 0.5) is 5.82 Å². The Bertz CT molecular complexity index is 1320. The minimum absolute atomic E-state index is 0.153. The Morgan fingerprint density at radius 3 is 2.47 bits per heavy atom. The van der Waals surface area contributed by atoms with Crippen molar-refractivity contribution >= 4 is 51.7 Å². The lowest BCUT2D eigenvalue weighted by atomic mass is 9.95. The van der Waals surface area contributed by atoms with E-state index in [1.165, 1.54) is 11.1 Å². The molecule has 0 unspecified atom stereocenters. The molecule has 7 nitrogen and oxygen atoms in total. The molecule has 0 saturated heterocycles. The van der Waals surface area contributed by atoms with Gasteiger partial charge in [0, 0.05) is 11.1 Å². The van der Waals surface area contributed by atoms with Crippen LogP contribution >= 0.6 is 11.6 Å². The molecule has 0 atom stereocenters. The van der Waals surface area contributed by atoms with Gasteiger partial charge in [0.15, 0.2) is 5.65 Å². The Hall–Kier alpha value is -3.45. The van der Waals surface area contributed by atoms with Gasteiger partial charge in [0.2, 0.25) is 0 Å². The van der Waals surface area contributed by atoms with E-state index in [1.807, 2.05) is 36.4 Å². The Labute approximate surface area is 190 Å². The summed E-state index contributed by atoms with van der Waals surface area (Å²) in [5.74, 6) is -0.0155. The Balaban J connectivity index is 1.61. The van der Waals surface area contributed by atoms with Gasteiger partial charge in [-0.15, -0.1) is 0 Å². The SMILES string of the molecule is Nc1c(C(=O)NC2CCCCC2)c2nc3ccccc3nc2n1/N=C/c1ccc(Cl)cc1. The van der Waals surface area contributed by atoms with Crippen molar-refractivity contribution in [1.82, 2.24) is 20.0 Å². The van der Waals surface area contributed by atoms with Gasteiger partial charge in [-0.3, -0.25) is 4.79 Å². The number of nitrogens with zero attached hydrogens (tertiary/aromatic N) is 4. The second-order valence-corrected chi connectivity index (χ2v) is 8.50. The molecule has 0 bridgehead atoms. The van der Waals surface area contributed by atoms with Crippen LogP contribution in [0.15, 0.2) is 53.6 Å². The van der Waals surface area contributed by atoms with Crippen molar-refractivity contribution in [2.24, 2.45) is 5.10 Å². The van der Waals surface area contributed by atoms with Gasteiger partial charge in [0.05, 0.1) is 17.2 Å². The molecular weight excluding hydrogens is 424 g/mol. The van der Waals surface area contributed by atoms with Crippen LogP contribution in [0.25, 0.3) is 22.2 Å². The molecule has 1 aliphatic rings. The number of halogens is 1. The second-order valence-electron chi connectivity index (χ2n) is 8.06. The smallest absolute Gasteiger partial charge is 0.257 e. The summed E-state index contributed by atoms with van der Waals surface area (Å²) in [6.07, 6.45) is 7.08. The highest BCUT2D eigenvalue weighted by Gasteiger charge is 2.26. The summed E-state index contributed by atoms with van der Waals surface area (Å²) in [4.78, 5) is 22.7. The average molecular weight is 447 g/mol. The van der Waals surface area contributed by atoms with Crippen LogP contribution in [0.2, 0.25) is 5.02 Å². The van der Waals surface area contributed by atoms with Gasteiger partial charge in [-0.2, -0.15) is 9.78 Å². The summed E-state index contributed by atoms with van der Waals surface area (Å²) in [6, 6.07) is 15.0. The number of aromatic nitrogens is 3. The first-order chi connectivity index (χ1) is 15.6. The first-order valence-corrected chi connectivity index (χ1v) is 11.2. The van der Waals surface area contributed by atoms with Crippen LogP contribution in [-0.4, -0.2) is 32.8 Å². The summed E-state index contributed by atoms with van der Waals surface area (Å²) in [7, 11) is 0. The van der Waals surface area contributed by atoms with Gasteiger partial charge in [0.25, 0.3) is 5.91 Å². The maximum Gasteiger partial charge on any atom is 0.257 e. The summed E-state index contributed by atoms with van der Waals surface area (Å²) >= 11 is 5.97. The number of hydrogen-bond acceptors (Lipinski definition) is 5. The Morgan fingerprint density at radius 2 is 1.75 bits per heavy atom. The van der Waals surface area contributed by atoms with Crippen LogP contribution in [-0.2, 0) is 0 Å². The molecule has 32 heavy (non-hydrogen) atoms. The molecule has 5 rings (SSSR count). The van der Waals surface area contributed by atoms with Gasteiger partial charge in [0.1, 0.15) is 16.9 Å². The van der Waals surface area contributed by atoms with Crippen molar-refractivity contribution in [1.29, 1.82) is 0 Å². The lowest BCUT2D eigenvalue weighted by Gasteiger charge is -2.22. The molecule has 1 aliphatic carbocycles. The third kappa shape index (κ3) is 3.91. The first-order valence-electron chi connectivity index (χ1n) is 10.8. The molecule has 2 heterocycles. The summed E-state index contributed by atoms with van der Waals surface area (Å²) in [5, 5.41) is 8.32. The molecule has 2 aromatic heterocycles. The number of fused-ring (bicyclic) bond motifs is 2. The number of carbonyl (C=O) groups excluding carboxylic acids is 1. The molecule has 0 radical (unpaired) electrons. The minimum atomic E-state index is -0.232. The molecule has 1 saturated carbocycles. The van der Waals surface area contributed by atoms with E-state index < -0.39 is 0 Å². The van der Waals surface area contributed by atoms with Crippen molar-refractivity contribution in [2.75, 3.05) is 5.73 Å². The van der Waals surface area contributed by atoms with E-state index >= 15 is 0 Å². The van der Waals surface area contributed by atoms with Gasteiger partial charge in [-0.1, -0.05) is 55.1 Å². The highest BCUT2D eigenvalue weighted by molar-refractivity contribution is 6.30. The van der Waals surface area contributed by atoms with Crippen LogP contribution in [0.1, 0.15) is 48.0 Å². The van der Waals surface area contributed by atoms with E-state index in [0.29, 0.717) is 32.8 Å². The van der Waals surface area contributed by atoms with E-state index in [4.69, 9.17) is 27.3 Å². The summed E-state index contributed by atoms with van der Waals surface area (Å²) in [6.45, 7) is 0. The fourth-order valence-electron chi connectivity index (χ4n) is 4.17. The quantitative estimate of drug-likeness (QED) is 0.441. The Kier molecular flexibility index (Phi) is 5.49. The number of nitrogens with two attached hydrogens (primary N) is 1. The van der Waals surface area contributed by atoms with E-state index in [2.05, 4.69) is 10.4 Å². The molecule has 8 heteroatoms. The number of para-hydroxylation sites is 2. The molecular formula is C24H23ClN6O. The van der Waals surface area contributed by atoms with Crippen LogP contribution in [0.5, 0.6) is 0 Å². The number of rotatable bonds is 4. The largest absolute Gasteiger partial charge is 0.383 e. The number of nitrogen functional groups attached to an aromatic ring is 1. The molecule has 1 fully saturated rings. The molecule has 0 aliphatic heterocycles. The monoisotopic (exact) mass is 446 g/mol. The van der Waals surface area contributed by atoms with Crippen molar-refractivity contribution in [3.63, 3.8) is 0 Å². The maximum absolute atomic E-state index is 13.3. The average Bonchev–Trinajstić information content (AvgIpc) is 3.08. The second kappa shape index (κ2) is 8.59. The zero-order chi connectivity index (χ0) is 22.1. The summed E-state index contributed by atoms with van der Waals surface area (Å²) in [5.41, 5.74) is 9.92. The van der Waals surface area contributed by atoms with Crippen molar-refractivity contribution in [2.45, 2.75) is 38.1 Å². The van der Waals surface area contributed by atoms with Crippen LogP contribution in [0, 0.1) is 0 Å². The summed E-state index contributed by atoms with van der Waals surface area (Å²) < 4.78 is 1.49. The molecule has 1 amide bonds. The standard InChI is InChI=1S/C24H23ClN6O/c25-16-12-10-15(11-13-16)14-27-31-22(26)20(24(32)28-17-6-2-1-3-7-17)21-23(31)30-19-9-5-4-8-18(19)29-21/h4-5,8-14,17H,1-3,6-7,26H2,(H,28,32)/b27-14+.